The number of allylic oxidation sites excluding steroid dienone is 2. The molecule has 3 unspecified atom stereocenters. The number of phenolic OH excluding ortho intramolecular Hbond substituents is 1. The fourth-order valence-corrected chi connectivity index (χ4v) is 5.38. The average molecular weight is 419 g/mol. The summed E-state index contributed by atoms with van der Waals surface area (Å²) in [6, 6.07) is 11.7. The quantitative estimate of drug-likeness (QED) is 0.681. The monoisotopic (exact) mass is 418 g/mol. The van der Waals surface area contributed by atoms with Crippen LogP contribution in [0.1, 0.15) is 59.6 Å². The van der Waals surface area contributed by atoms with Crippen LogP contribution >= 0.6 is 0 Å². The molecule has 2 aromatic carbocycles. The summed E-state index contributed by atoms with van der Waals surface area (Å²) >= 11 is 0. The molecule has 0 saturated carbocycles. The molecule has 2 heterocycles. The van der Waals surface area contributed by atoms with Crippen molar-refractivity contribution < 1.29 is 14.6 Å². The number of nitrogens with one attached hydrogen (secondary N) is 1. The summed E-state index contributed by atoms with van der Waals surface area (Å²) in [7, 11) is 1.57. The molecular weight excluding hydrogens is 388 g/mol. The molecule has 3 atom stereocenters. The van der Waals surface area contributed by atoms with Gasteiger partial charge in [-0.25, -0.2) is 0 Å². The van der Waals surface area contributed by atoms with Gasteiger partial charge < -0.3 is 20.1 Å². The summed E-state index contributed by atoms with van der Waals surface area (Å²) in [4.78, 5) is 15.1. The minimum Gasteiger partial charge on any atom is -0.504 e. The number of likely N-dealkylation sites (tertiary alicyclic amines) is 1. The number of rotatable bonds is 3. The Morgan fingerprint density at radius 2 is 1.97 bits per heavy atom. The van der Waals surface area contributed by atoms with Crippen molar-refractivity contribution in [1.29, 1.82) is 0 Å². The third-order valence-electron chi connectivity index (χ3n) is 7.27. The zero-order chi connectivity index (χ0) is 21.5. The third kappa shape index (κ3) is 3.46. The Morgan fingerprint density at radius 1 is 1.16 bits per heavy atom. The lowest BCUT2D eigenvalue weighted by atomic mass is 9.76. The zero-order valence-electron chi connectivity index (χ0n) is 18.2. The van der Waals surface area contributed by atoms with Crippen molar-refractivity contribution in [1.82, 2.24) is 4.90 Å². The van der Waals surface area contributed by atoms with Gasteiger partial charge in [-0.3, -0.25) is 4.79 Å². The van der Waals surface area contributed by atoms with Gasteiger partial charge in [-0.1, -0.05) is 31.2 Å². The highest BCUT2D eigenvalue weighted by atomic mass is 16.5. The summed E-state index contributed by atoms with van der Waals surface area (Å²) in [6.45, 7) is 3.95. The molecule has 0 aromatic heterocycles. The fourth-order valence-electron chi connectivity index (χ4n) is 5.38. The van der Waals surface area contributed by atoms with E-state index in [1.807, 2.05) is 29.2 Å². The predicted molar refractivity (Wildman–Crippen MR) is 122 cm³/mol. The molecule has 1 amide bonds. The normalized spacial score (nSPS) is 25.0. The molecule has 162 valence electrons. The molecule has 0 spiro atoms. The standard InChI is InChI=1S/C26H30N2O3/c1-16-11-13-28(14-12-16)26(30)17-9-10-22-21(15-17)18-5-3-6-19(18)24(27-22)20-7-4-8-23(31-2)25(20)29/h3-5,7-10,15-16,18-19,24,27,29H,6,11-14H2,1-2H3. The summed E-state index contributed by atoms with van der Waals surface area (Å²) in [5.74, 6) is 2.03. The molecule has 2 N–H and O–H groups in total. The number of ether oxygens (including phenoxy) is 1. The van der Waals surface area contributed by atoms with Crippen LogP contribution in [0.2, 0.25) is 0 Å². The Morgan fingerprint density at radius 3 is 2.74 bits per heavy atom. The third-order valence-corrected chi connectivity index (χ3v) is 7.27. The Labute approximate surface area is 183 Å². The molecule has 3 aliphatic rings. The largest absolute Gasteiger partial charge is 0.504 e. The molecule has 2 aliphatic heterocycles. The van der Waals surface area contributed by atoms with Gasteiger partial charge in [-0.15, -0.1) is 0 Å². The van der Waals surface area contributed by atoms with Crippen molar-refractivity contribution in [3.63, 3.8) is 0 Å². The molecule has 31 heavy (non-hydrogen) atoms. The number of hydrogen-bond acceptors (Lipinski definition) is 4. The first kappa shape index (κ1) is 20.0. The number of methoxy groups -OCH3 is 1. The van der Waals surface area contributed by atoms with Gasteiger partial charge in [0.15, 0.2) is 11.5 Å². The SMILES string of the molecule is COc1cccc(C2Nc3ccc(C(=O)N4CCC(C)CC4)cc3C3C=CCC32)c1O. The number of hydrogen-bond donors (Lipinski definition) is 2. The maximum absolute atomic E-state index is 13.1. The Kier molecular flexibility index (Phi) is 5.12. The first-order chi connectivity index (χ1) is 15.1. The summed E-state index contributed by atoms with van der Waals surface area (Å²) in [5.41, 5.74) is 3.83. The number of amides is 1. The molecule has 2 aromatic rings. The predicted octanol–water partition coefficient (Wildman–Crippen LogP) is 5.10. The number of fused-ring (bicyclic) bond motifs is 3. The second-order valence-electron chi connectivity index (χ2n) is 9.15. The molecule has 1 saturated heterocycles. The number of benzene rings is 2. The number of para-hydroxylation sites is 1. The highest BCUT2D eigenvalue weighted by Crippen LogP contribution is 2.52. The van der Waals surface area contributed by atoms with Crippen LogP contribution in [0.15, 0.2) is 48.6 Å². The summed E-state index contributed by atoms with van der Waals surface area (Å²) in [5, 5.41) is 14.4. The first-order valence-corrected chi connectivity index (χ1v) is 11.3. The molecule has 1 fully saturated rings. The summed E-state index contributed by atoms with van der Waals surface area (Å²) < 4.78 is 5.33. The van der Waals surface area contributed by atoms with Crippen LogP contribution in [0.3, 0.4) is 0 Å². The van der Waals surface area contributed by atoms with E-state index in [2.05, 4.69) is 30.5 Å². The van der Waals surface area contributed by atoms with Crippen LogP contribution < -0.4 is 10.1 Å². The number of phenols is 1. The van der Waals surface area contributed by atoms with Gasteiger partial charge in [-0.05, 0) is 60.9 Å². The molecule has 1 aliphatic carbocycles. The molecule has 0 bridgehead atoms. The maximum Gasteiger partial charge on any atom is 0.253 e. The Bertz CT molecular complexity index is 1020. The van der Waals surface area contributed by atoms with Crippen LogP contribution in [0.5, 0.6) is 11.5 Å². The highest BCUT2D eigenvalue weighted by molar-refractivity contribution is 5.95. The second kappa shape index (κ2) is 7.95. The van der Waals surface area contributed by atoms with E-state index < -0.39 is 0 Å². The molecule has 5 nitrogen and oxygen atoms in total. The van der Waals surface area contributed by atoms with Crippen molar-refractivity contribution in [2.45, 2.75) is 38.1 Å². The number of carbonyl (C=O) groups excluding carboxylic acids is 1. The van der Waals surface area contributed by atoms with E-state index in [9.17, 15) is 9.90 Å². The fraction of sp³-hybridized carbons (Fsp3) is 0.423. The Hall–Kier alpha value is -2.95. The van der Waals surface area contributed by atoms with E-state index >= 15 is 0 Å². The molecule has 5 heteroatoms. The van der Waals surface area contributed by atoms with Gasteiger partial charge in [0.2, 0.25) is 0 Å². The lowest BCUT2D eigenvalue weighted by Crippen LogP contribution is -2.38. The van der Waals surface area contributed by atoms with Crippen molar-refractivity contribution in [3.05, 3.63) is 65.2 Å². The van der Waals surface area contributed by atoms with Gasteiger partial charge in [0, 0.05) is 35.8 Å². The van der Waals surface area contributed by atoms with Crippen LogP contribution in [0.4, 0.5) is 5.69 Å². The number of aromatic hydroxyl groups is 1. The second-order valence-corrected chi connectivity index (χ2v) is 9.15. The summed E-state index contributed by atoms with van der Waals surface area (Å²) in [6.07, 6.45) is 7.57. The lowest BCUT2D eigenvalue weighted by molar-refractivity contribution is 0.0697. The van der Waals surface area contributed by atoms with Gasteiger partial charge in [0.25, 0.3) is 5.91 Å². The molecule has 0 radical (unpaired) electrons. The molecular formula is C26H30N2O3. The maximum atomic E-state index is 13.1. The topological polar surface area (TPSA) is 61.8 Å². The number of nitrogens with zero attached hydrogens (tertiary/aromatic N) is 1. The zero-order valence-corrected chi connectivity index (χ0v) is 18.2. The van der Waals surface area contributed by atoms with Crippen molar-refractivity contribution >= 4 is 11.6 Å². The smallest absolute Gasteiger partial charge is 0.253 e. The van der Waals surface area contributed by atoms with Crippen LogP contribution in [0.25, 0.3) is 0 Å². The van der Waals surface area contributed by atoms with Crippen molar-refractivity contribution in [2.24, 2.45) is 11.8 Å². The van der Waals surface area contributed by atoms with E-state index in [4.69, 9.17) is 4.74 Å². The van der Waals surface area contributed by atoms with E-state index in [1.165, 1.54) is 5.56 Å². The van der Waals surface area contributed by atoms with Gasteiger partial charge in [0.1, 0.15) is 0 Å². The molecule has 5 rings (SSSR count). The first-order valence-electron chi connectivity index (χ1n) is 11.3. The van der Waals surface area contributed by atoms with Crippen LogP contribution in [-0.2, 0) is 0 Å². The minimum absolute atomic E-state index is 0.0206. The average Bonchev–Trinajstić information content (AvgIpc) is 3.29. The number of anilines is 1. The van der Waals surface area contributed by atoms with Gasteiger partial charge >= 0.3 is 0 Å². The van der Waals surface area contributed by atoms with Crippen molar-refractivity contribution in [2.75, 3.05) is 25.5 Å². The van der Waals surface area contributed by atoms with Gasteiger partial charge in [0.05, 0.1) is 13.2 Å². The highest BCUT2D eigenvalue weighted by Gasteiger charge is 2.39. The van der Waals surface area contributed by atoms with Crippen molar-refractivity contribution in [3.8, 4) is 11.5 Å². The van der Waals surface area contributed by atoms with Gasteiger partial charge in [-0.2, -0.15) is 0 Å². The van der Waals surface area contributed by atoms with E-state index in [0.29, 0.717) is 11.7 Å². The Balaban J connectivity index is 1.46. The van der Waals surface area contributed by atoms with Crippen LogP contribution in [0, 0.1) is 11.8 Å². The number of piperidine rings is 1. The van der Waals surface area contributed by atoms with Crippen LogP contribution in [-0.4, -0.2) is 36.1 Å². The van der Waals surface area contributed by atoms with E-state index in [0.717, 1.165) is 49.2 Å². The minimum atomic E-state index is -0.0206. The number of carbonyl (C=O) groups is 1. The van der Waals surface area contributed by atoms with E-state index in [-0.39, 0.29) is 29.5 Å². The van der Waals surface area contributed by atoms with E-state index in [1.54, 1.807) is 13.2 Å². The lowest BCUT2D eigenvalue weighted by Gasteiger charge is -2.38.